The number of furan rings is 1. The molecular formula is C13H16N2O3S. The normalized spacial score (nSPS) is 12.6. The van der Waals surface area contributed by atoms with Gasteiger partial charge < -0.3 is 14.8 Å². The van der Waals surface area contributed by atoms with Gasteiger partial charge in [-0.25, -0.2) is 9.78 Å². The van der Waals surface area contributed by atoms with Crippen LogP contribution in [0.2, 0.25) is 0 Å². The number of thiazole rings is 1. The topological polar surface area (TPSA) is 75.4 Å². The number of aromatic nitrogens is 1. The van der Waals surface area contributed by atoms with Crippen molar-refractivity contribution in [2.75, 3.05) is 0 Å². The van der Waals surface area contributed by atoms with Crippen LogP contribution in [0.3, 0.4) is 0 Å². The minimum Gasteiger partial charge on any atom is -0.478 e. The number of aryl methyl sites for hydroxylation is 2. The van der Waals surface area contributed by atoms with Gasteiger partial charge in [0.25, 0.3) is 0 Å². The fourth-order valence-electron chi connectivity index (χ4n) is 1.76. The zero-order valence-corrected chi connectivity index (χ0v) is 11.9. The van der Waals surface area contributed by atoms with Crippen molar-refractivity contribution in [1.82, 2.24) is 10.3 Å². The number of carbonyl (C=O) groups is 1. The van der Waals surface area contributed by atoms with Crippen LogP contribution in [-0.4, -0.2) is 16.1 Å². The van der Waals surface area contributed by atoms with E-state index in [0.29, 0.717) is 18.1 Å². The quantitative estimate of drug-likeness (QED) is 0.880. The molecule has 2 N–H and O–H groups in total. The summed E-state index contributed by atoms with van der Waals surface area (Å²) in [5.41, 5.74) is 0.217. The Morgan fingerprint density at radius 1 is 1.58 bits per heavy atom. The molecule has 0 saturated heterocycles. The summed E-state index contributed by atoms with van der Waals surface area (Å²) in [7, 11) is 0. The van der Waals surface area contributed by atoms with Crippen LogP contribution in [0, 0.1) is 13.8 Å². The molecule has 2 aromatic heterocycles. The molecule has 2 rings (SSSR count). The first-order chi connectivity index (χ1) is 8.97. The Kier molecular flexibility index (Phi) is 4.01. The van der Waals surface area contributed by atoms with E-state index >= 15 is 0 Å². The number of hydrogen-bond donors (Lipinski definition) is 2. The maximum absolute atomic E-state index is 10.9. The highest BCUT2D eigenvalue weighted by Crippen LogP contribution is 2.20. The Morgan fingerprint density at radius 2 is 2.32 bits per heavy atom. The second kappa shape index (κ2) is 5.54. The van der Waals surface area contributed by atoms with E-state index in [-0.39, 0.29) is 11.6 Å². The third kappa shape index (κ3) is 3.21. The lowest BCUT2D eigenvalue weighted by molar-refractivity contribution is 0.0695. The van der Waals surface area contributed by atoms with Gasteiger partial charge >= 0.3 is 5.97 Å². The van der Waals surface area contributed by atoms with Gasteiger partial charge in [-0.15, -0.1) is 11.3 Å². The number of carboxylic acid groups (broad SMARTS) is 1. The zero-order valence-electron chi connectivity index (χ0n) is 11.1. The Labute approximate surface area is 115 Å². The van der Waals surface area contributed by atoms with Gasteiger partial charge in [0.2, 0.25) is 0 Å². The van der Waals surface area contributed by atoms with Crippen LogP contribution in [0.15, 0.2) is 16.7 Å². The predicted molar refractivity (Wildman–Crippen MR) is 72.5 cm³/mol. The van der Waals surface area contributed by atoms with Gasteiger partial charge in [-0.3, -0.25) is 0 Å². The van der Waals surface area contributed by atoms with Crippen molar-refractivity contribution in [3.63, 3.8) is 0 Å². The lowest BCUT2D eigenvalue weighted by Gasteiger charge is -2.09. The van der Waals surface area contributed by atoms with E-state index in [9.17, 15) is 4.79 Å². The SMILES string of the molecule is Cc1cnc(C(C)NCc2cc(C(=O)O)c(C)o2)s1. The molecule has 6 heteroatoms. The van der Waals surface area contributed by atoms with Crippen molar-refractivity contribution in [2.45, 2.75) is 33.4 Å². The molecule has 5 nitrogen and oxygen atoms in total. The predicted octanol–water partition coefficient (Wildman–Crippen LogP) is 2.90. The molecule has 0 bridgehead atoms. The van der Waals surface area contributed by atoms with Crippen LogP contribution in [0.5, 0.6) is 0 Å². The van der Waals surface area contributed by atoms with Gasteiger partial charge in [0, 0.05) is 11.1 Å². The molecule has 1 unspecified atom stereocenters. The summed E-state index contributed by atoms with van der Waals surface area (Å²) in [6, 6.07) is 1.67. The average Bonchev–Trinajstić information content (AvgIpc) is 2.92. The molecule has 0 fully saturated rings. The molecule has 1 atom stereocenters. The van der Waals surface area contributed by atoms with Crippen molar-refractivity contribution in [2.24, 2.45) is 0 Å². The molecular weight excluding hydrogens is 264 g/mol. The van der Waals surface area contributed by atoms with Crippen LogP contribution < -0.4 is 5.32 Å². The number of nitrogens with one attached hydrogen (secondary N) is 1. The first kappa shape index (κ1) is 13.8. The summed E-state index contributed by atoms with van der Waals surface area (Å²) < 4.78 is 5.41. The summed E-state index contributed by atoms with van der Waals surface area (Å²) in [6.07, 6.45) is 1.84. The molecule has 0 saturated carbocycles. The molecule has 0 radical (unpaired) electrons. The summed E-state index contributed by atoms with van der Waals surface area (Å²) in [4.78, 5) is 16.4. The van der Waals surface area contributed by atoms with Gasteiger partial charge in [0.05, 0.1) is 12.6 Å². The smallest absolute Gasteiger partial charge is 0.339 e. The molecule has 2 aromatic rings. The van der Waals surface area contributed by atoms with E-state index in [1.165, 1.54) is 4.88 Å². The highest BCUT2D eigenvalue weighted by atomic mass is 32.1. The molecule has 0 aliphatic rings. The van der Waals surface area contributed by atoms with E-state index in [2.05, 4.69) is 10.3 Å². The lowest BCUT2D eigenvalue weighted by atomic mass is 10.2. The number of rotatable bonds is 5. The van der Waals surface area contributed by atoms with Crippen molar-refractivity contribution in [3.05, 3.63) is 39.2 Å². The van der Waals surface area contributed by atoms with Crippen molar-refractivity contribution < 1.29 is 14.3 Å². The van der Waals surface area contributed by atoms with E-state index in [4.69, 9.17) is 9.52 Å². The Hall–Kier alpha value is -1.66. The first-order valence-electron chi connectivity index (χ1n) is 5.95. The molecule has 0 amide bonds. The van der Waals surface area contributed by atoms with Crippen LogP contribution in [0.1, 0.15) is 44.7 Å². The minimum absolute atomic E-state index is 0.109. The third-order valence-corrected chi connectivity index (χ3v) is 3.89. The Morgan fingerprint density at radius 3 is 2.84 bits per heavy atom. The Bertz CT molecular complexity index is 588. The number of aromatic carboxylic acids is 1. The lowest BCUT2D eigenvalue weighted by Crippen LogP contribution is -2.17. The van der Waals surface area contributed by atoms with E-state index in [1.807, 2.05) is 20.0 Å². The number of hydrogen-bond acceptors (Lipinski definition) is 5. The molecule has 2 heterocycles. The number of nitrogens with zero attached hydrogens (tertiary/aromatic N) is 1. The summed E-state index contributed by atoms with van der Waals surface area (Å²) in [6.45, 7) is 6.17. The monoisotopic (exact) mass is 280 g/mol. The minimum atomic E-state index is -0.962. The highest BCUT2D eigenvalue weighted by Gasteiger charge is 2.15. The molecule has 0 aliphatic carbocycles. The second-order valence-corrected chi connectivity index (χ2v) is 5.67. The second-order valence-electron chi connectivity index (χ2n) is 4.40. The average molecular weight is 280 g/mol. The van der Waals surface area contributed by atoms with Gasteiger partial charge in [0.1, 0.15) is 22.1 Å². The van der Waals surface area contributed by atoms with E-state index < -0.39 is 5.97 Å². The highest BCUT2D eigenvalue weighted by molar-refractivity contribution is 7.11. The first-order valence-corrected chi connectivity index (χ1v) is 6.77. The standard InChI is InChI=1S/C13H16N2O3S/c1-7-5-15-12(19-7)8(2)14-6-10-4-11(13(16)17)9(3)18-10/h4-5,8,14H,6H2,1-3H3,(H,16,17). The van der Waals surface area contributed by atoms with Crippen LogP contribution in [0.25, 0.3) is 0 Å². The van der Waals surface area contributed by atoms with Crippen molar-refractivity contribution in [3.8, 4) is 0 Å². The molecule has 0 spiro atoms. The summed E-state index contributed by atoms with van der Waals surface area (Å²) in [5, 5.41) is 13.2. The van der Waals surface area contributed by atoms with Crippen LogP contribution in [0.4, 0.5) is 0 Å². The van der Waals surface area contributed by atoms with Crippen molar-refractivity contribution >= 4 is 17.3 Å². The van der Waals surface area contributed by atoms with Crippen LogP contribution in [-0.2, 0) is 6.54 Å². The van der Waals surface area contributed by atoms with Gasteiger partial charge in [-0.05, 0) is 26.8 Å². The van der Waals surface area contributed by atoms with Gasteiger partial charge in [-0.2, -0.15) is 0 Å². The molecule has 19 heavy (non-hydrogen) atoms. The van der Waals surface area contributed by atoms with E-state index in [1.54, 1.807) is 24.3 Å². The fourth-order valence-corrected chi connectivity index (χ4v) is 2.56. The van der Waals surface area contributed by atoms with Gasteiger partial charge in [0.15, 0.2) is 0 Å². The van der Waals surface area contributed by atoms with Crippen LogP contribution >= 0.6 is 11.3 Å². The maximum atomic E-state index is 10.9. The summed E-state index contributed by atoms with van der Waals surface area (Å²) in [5.74, 6) is 0.0909. The maximum Gasteiger partial charge on any atom is 0.339 e. The molecule has 102 valence electrons. The summed E-state index contributed by atoms with van der Waals surface area (Å²) >= 11 is 1.65. The Balaban J connectivity index is 1.99. The largest absolute Gasteiger partial charge is 0.478 e. The fraction of sp³-hybridized carbons (Fsp3) is 0.385. The van der Waals surface area contributed by atoms with Crippen molar-refractivity contribution in [1.29, 1.82) is 0 Å². The molecule has 0 aromatic carbocycles. The van der Waals surface area contributed by atoms with Gasteiger partial charge in [-0.1, -0.05) is 0 Å². The third-order valence-electron chi connectivity index (χ3n) is 2.79. The zero-order chi connectivity index (χ0) is 14.0. The van der Waals surface area contributed by atoms with E-state index in [0.717, 1.165) is 5.01 Å². The molecule has 0 aliphatic heterocycles. The number of carboxylic acids is 1.